The Balaban J connectivity index is 2.22. The Hall–Kier alpha value is -1.81. The second-order valence-corrected chi connectivity index (χ2v) is 4.77. The minimum atomic E-state index is -0.901. The quantitative estimate of drug-likeness (QED) is 0.871. The molecule has 3 nitrogen and oxygen atoms in total. The lowest BCUT2D eigenvalue weighted by Crippen LogP contribution is -2.07. The lowest BCUT2D eigenvalue weighted by molar-refractivity contribution is 0.0698. The molecule has 1 aromatic heterocycles. The molecule has 0 saturated carbocycles. The summed E-state index contributed by atoms with van der Waals surface area (Å²) in [6.07, 6.45) is 0. The van der Waals surface area contributed by atoms with Crippen molar-refractivity contribution in [1.82, 2.24) is 0 Å². The van der Waals surface area contributed by atoms with Gasteiger partial charge < -0.3 is 10.4 Å². The molecule has 2 N–H and O–H groups in total. The summed E-state index contributed by atoms with van der Waals surface area (Å²) in [5, 5.41) is 14.3. The zero-order chi connectivity index (χ0) is 12.3. The molecule has 0 aliphatic carbocycles. The van der Waals surface area contributed by atoms with Crippen LogP contribution in [0.3, 0.4) is 0 Å². The van der Waals surface area contributed by atoms with Crippen molar-refractivity contribution in [2.45, 2.75) is 13.5 Å². The van der Waals surface area contributed by atoms with Gasteiger partial charge in [0.2, 0.25) is 0 Å². The average Bonchev–Trinajstić information content (AvgIpc) is 2.80. The molecular weight excluding hydrogens is 234 g/mol. The Bertz CT molecular complexity index is 520. The van der Waals surface area contributed by atoms with E-state index in [-0.39, 0.29) is 0 Å². The number of aromatic carboxylic acids is 1. The van der Waals surface area contributed by atoms with E-state index in [9.17, 15) is 4.79 Å². The van der Waals surface area contributed by atoms with Crippen molar-refractivity contribution in [1.29, 1.82) is 0 Å². The molecule has 1 aromatic carbocycles. The lowest BCUT2D eigenvalue weighted by atomic mass is 10.1. The maximum Gasteiger partial charge on any atom is 0.337 e. The maximum absolute atomic E-state index is 11.1. The molecule has 0 aliphatic rings. The number of rotatable bonds is 4. The molecular formula is C13H13NO2S. The van der Waals surface area contributed by atoms with Crippen LogP contribution in [0.5, 0.6) is 0 Å². The molecule has 17 heavy (non-hydrogen) atoms. The van der Waals surface area contributed by atoms with Gasteiger partial charge >= 0.3 is 5.97 Å². The van der Waals surface area contributed by atoms with E-state index in [1.165, 1.54) is 4.88 Å². The topological polar surface area (TPSA) is 49.3 Å². The van der Waals surface area contributed by atoms with Crippen molar-refractivity contribution in [2.75, 3.05) is 5.32 Å². The van der Waals surface area contributed by atoms with E-state index in [1.807, 2.05) is 30.5 Å². The van der Waals surface area contributed by atoms with Gasteiger partial charge in [0.05, 0.1) is 11.3 Å². The Kier molecular flexibility index (Phi) is 3.44. The van der Waals surface area contributed by atoms with Gasteiger partial charge in [-0.2, -0.15) is 0 Å². The van der Waals surface area contributed by atoms with Gasteiger partial charge in [-0.15, -0.1) is 11.3 Å². The minimum absolute atomic E-state index is 0.321. The van der Waals surface area contributed by atoms with Crippen LogP contribution < -0.4 is 5.32 Å². The van der Waals surface area contributed by atoms with Crippen LogP contribution in [0.25, 0.3) is 0 Å². The summed E-state index contributed by atoms with van der Waals surface area (Å²) >= 11 is 1.65. The van der Waals surface area contributed by atoms with Crippen LogP contribution in [0.2, 0.25) is 0 Å². The highest BCUT2D eigenvalue weighted by Crippen LogP contribution is 2.22. The number of hydrogen-bond donors (Lipinski definition) is 2. The summed E-state index contributed by atoms with van der Waals surface area (Å²) in [5.74, 6) is -0.901. The van der Waals surface area contributed by atoms with Crippen molar-refractivity contribution in [3.8, 4) is 0 Å². The molecule has 0 radical (unpaired) electrons. The van der Waals surface area contributed by atoms with Crippen molar-refractivity contribution < 1.29 is 9.90 Å². The van der Waals surface area contributed by atoms with Gasteiger partial charge in [-0.3, -0.25) is 0 Å². The van der Waals surface area contributed by atoms with E-state index in [0.717, 1.165) is 5.56 Å². The highest BCUT2D eigenvalue weighted by molar-refractivity contribution is 7.09. The van der Waals surface area contributed by atoms with Gasteiger partial charge in [-0.1, -0.05) is 18.2 Å². The summed E-state index contributed by atoms with van der Waals surface area (Å²) in [6, 6.07) is 9.29. The smallest absolute Gasteiger partial charge is 0.337 e. The number of carboxylic acid groups (broad SMARTS) is 1. The van der Waals surface area contributed by atoms with Crippen LogP contribution in [0.15, 0.2) is 35.7 Å². The third kappa shape index (κ3) is 2.65. The first kappa shape index (κ1) is 11.7. The normalized spacial score (nSPS) is 10.2. The molecule has 0 bridgehead atoms. The van der Waals surface area contributed by atoms with Crippen LogP contribution in [0.4, 0.5) is 5.69 Å². The fraction of sp³-hybridized carbons (Fsp3) is 0.154. The third-order valence-electron chi connectivity index (χ3n) is 2.52. The maximum atomic E-state index is 11.1. The largest absolute Gasteiger partial charge is 0.478 e. The van der Waals surface area contributed by atoms with E-state index < -0.39 is 5.97 Å². The third-order valence-corrected chi connectivity index (χ3v) is 3.40. The molecule has 88 valence electrons. The Morgan fingerprint density at radius 2 is 2.18 bits per heavy atom. The van der Waals surface area contributed by atoms with Crippen LogP contribution in [-0.2, 0) is 6.54 Å². The number of benzene rings is 1. The summed E-state index contributed by atoms with van der Waals surface area (Å²) in [7, 11) is 0. The molecule has 0 unspecified atom stereocenters. The van der Waals surface area contributed by atoms with Gasteiger partial charge in [0.25, 0.3) is 0 Å². The number of carbonyl (C=O) groups is 1. The highest BCUT2D eigenvalue weighted by atomic mass is 32.1. The zero-order valence-corrected chi connectivity index (χ0v) is 10.3. The van der Waals surface area contributed by atoms with Gasteiger partial charge in [-0.05, 0) is 30.0 Å². The van der Waals surface area contributed by atoms with Crippen LogP contribution >= 0.6 is 11.3 Å². The summed E-state index contributed by atoms with van der Waals surface area (Å²) in [6.45, 7) is 2.56. The van der Waals surface area contributed by atoms with E-state index in [0.29, 0.717) is 17.8 Å². The first-order chi connectivity index (χ1) is 8.18. The Labute approximate surface area is 104 Å². The summed E-state index contributed by atoms with van der Waals surface area (Å²) in [4.78, 5) is 12.3. The van der Waals surface area contributed by atoms with Crippen molar-refractivity contribution in [3.05, 3.63) is 51.7 Å². The number of nitrogens with one attached hydrogen (secondary N) is 1. The Morgan fingerprint density at radius 1 is 1.35 bits per heavy atom. The molecule has 1 heterocycles. The van der Waals surface area contributed by atoms with Crippen molar-refractivity contribution >= 4 is 23.0 Å². The first-order valence-electron chi connectivity index (χ1n) is 5.27. The predicted molar refractivity (Wildman–Crippen MR) is 69.8 cm³/mol. The minimum Gasteiger partial charge on any atom is -0.478 e. The number of thiophene rings is 1. The van der Waals surface area contributed by atoms with E-state index in [1.54, 1.807) is 23.5 Å². The first-order valence-corrected chi connectivity index (χ1v) is 6.15. The zero-order valence-electron chi connectivity index (χ0n) is 9.43. The number of hydrogen-bond acceptors (Lipinski definition) is 3. The van der Waals surface area contributed by atoms with Gasteiger partial charge in [0, 0.05) is 11.4 Å². The second-order valence-electron chi connectivity index (χ2n) is 3.74. The second kappa shape index (κ2) is 5.01. The fourth-order valence-electron chi connectivity index (χ4n) is 1.67. The van der Waals surface area contributed by atoms with E-state index in [2.05, 4.69) is 5.32 Å². The van der Waals surface area contributed by atoms with Gasteiger partial charge in [0.15, 0.2) is 0 Å². The lowest BCUT2D eigenvalue weighted by Gasteiger charge is -2.11. The number of aryl methyl sites for hydroxylation is 1. The summed E-state index contributed by atoms with van der Waals surface area (Å²) in [5.41, 5.74) is 1.97. The molecule has 0 amide bonds. The molecule has 0 atom stereocenters. The Morgan fingerprint density at radius 3 is 2.82 bits per heavy atom. The molecule has 4 heteroatoms. The molecule has 0 fully saturated rings. The van der Waals surface area contributed by atoms with Crippen molar-refractivity contribution in [3.63, 3.8) is 0 Å². The van der Waals surface area contributed by atoms with Crippen LogP contribution in [0.1, 0.15) is 20.8 Å². The standard InChI is InChI=1S/C13H13NO2S/c1-9-4-2-6-11(13(15)16)12(9)14-8-10-5-3-7-17-10/h2-7,14H,8H2,1H3,(H,15,16). The monoisotopic (exact) mass is 247 g/mol. The van der Waals surface area contributed by atoms with Gasteiger partial charge in [0.1, 0.15) is 0 Å². The fourth-order valence-corrected chi connectivity index (χ4v) is 2.31. The summed E-state index contributed by atoms with van der Waals surface area (Å²) < 4.78 is 0. The molecule has 0 saturated heterocycles. The average molecular weight is 247 g/mol. The van der Waals surface area contributed by atoms with E-state index >= 15 is 0 Å². The highest BCUT2D eigenvalue weighted by Gasteiger charge is 2.11. The molecule has 0 aliphatic heterocycles. The van der Waals surface area contributed by atoms with E-state index in [4.69, 9.17) is 5.11 Å². The SMILES string of the molecule is Cc1cccc(C(=O)O)c1NCc1cccs1. The van der Waals surface area contributed by atoms with Crippen molar-refractivity contribution in [2.24, 2.45) is 0 Å². The van der Waals surface area contributed by atoms with Crippen LogP contribution in [-0.4, -0.2) is 11.1 Å². The number of para-hydroxylation sites is 1. The number of anilines is 1. The molecule has 0 spiro atoms. The molecule has 2 rings (SSSR count). The van der Waals surface area contributed by atoms with Gasteiger partial charge in [-0.25, -0.2) is 4.79 Å². The molecule has 2 aromatic rings. The van der Waals surface area contributed by atoms with Crippen LogP contribution in [0, 0.1) is 6.92 Å². The number of carboxylic acids is 1. The predicted octanol–water partition coefficient (Wildman–Crippen LogP) is 3.37.